The van der Waals surface area contributed by atoms with E-state index in [0.29, 0.717) is 27.8 Å². The molecule has 0 unspecified atom stereocenters. The number of allylic oxidation sites excluding steroid dienone is 1. The van der Waals surface area contributed by atoms with Crippen LogP contribution in [0.4, 0.5) is 4.39 Å². The molecule has 4 aromatic rings. The Morgan fingerprint density at radius 2 is 1.79 bits per heavy atom. The summed E-state index contributed by atoms with van der Waals surface area (Å²) in [4.78, 5) is 13.4. The van der Waals surface area contributed by atoms with Gasteiger partial charge in [-0.05, 0) is 24.3 Å². The fourth-order valence-electron chi connectivity index (χ4n) is 2.97. The lowest BCUT2D eigenvalue weighted by atomic mass is 10.2. The zero-order chi connectivity index (χ0) is 19.5. The number of para-hydroxylation sites is 1. The smallest absolute Gasteiger partial charge is 0.263 e. The van der Waals surface area contributed by atoms with Gasteiger partial charge in [0.2, 0.25) is 5.78 Å². The fourth-order valence-corrected chi connectivity index (χ4v) is 4.82. The van der Waals surface area contributed by atoms with Crippen LogP contribution in [0, 0.1) is 5.82 Å². The monoisotopic (exact) mass is 412 g/mol. The molecule has 0 aliphatic heterocycles. The van der Waals surface area contributed by atoms with Crippen molar-refractivity contribution in [2.24, 2.45) is 0 Å². The molecule has 0 spiro atoms. The standard InChI is InChI=1S/C20H17FN4OS2/c1-2-11-24-18(26)14-7-3-5-9-16(14)25-19(24)22-23-20(25)28-13-12-27-17-10-6-4-8-15(17)21/h2-10H,1,11-13H2. The maximum Gasteiger partial charge on any atom is 0.263 e. The van der Waals surface area contributed by atoms with E-state index in [9.17, 15) is 9.18 Å². The van der Waals surface area contributed by atoms with Crippen LogP contribution in [-0.2, 0) is 6.54 Å². The summed E-state index contributed by atoms with van der Waals surface area (Å²) in [5.74, 6) is 1.75. The van der Waals surface area contributed by atoms with Crippen LogP contribution in [0.25, 0.3) is 16.7 Å². The molecular weight excluding hydrogens is 395 g/mol. The van der Waals surface area contributed by atoms with Crippen LogP contribution in [-0.4, -0.2) is 30.7 Å². The van der Waals surface area contributed by atoms with Gasteiger partial charge in [0, 0.05) is 22.9 Å². The summed E-state index contributed by atoms with van der Waals surface area (Å²) in [6.45, 7) is 4.09. The molecule has 2 heterocycles. The van der Waals surface area contributed by atoms with E-state index in [0.717, 1.165) is 17.0 Å². The Balaban J connectivity index is 1.64. The van der Waals surface area contributed by atoms with E-state index in [1.165, 1.54) is 29.6 Å². The molecule has 0 N–H and O–H groups in total. The van der Waals surface area contributed by atoms with Gasteiger partial charge < -0.3 is 0 Å². The summed E-state index contributed by atoms with van der Waals surface area (Å²) in [6.07, 6.45) is 1.67. The summed E-state index contributed by atoms with van der Waals surface area (Å²) in [5, 5.41) is 9.85. The van der Waals surface area contributed by atoms with Gasteiger partial charge in [-0.15, -0.1) is 28.5 Å². The van der Waals surface area contributed by atoms with Crippen molar-refractivity contribution in [1.82, 2.24) is 19.2 Å². The highest BCUT2D eigenvalue weighted by Crippen LogP contribution is 2.25. The van der Waals surface area contributed by atoms with Crippen molar-refractivity contribution in [1.29, 1.82) is 0 Å². The lowest BCUT2D eigenvalue weighted by Crippen LogP contribution is -2.22. The molecule has 0 aliphatic rings. The molecule has 4 rings (SSSR count). The number of fused-ring (bicyclic) bond motifs is 3. The minimum absolute atomic E-state index is 0.109. The van der Waals surface area contributed by atoms with Crippen LogP contribution in [0.2, 0.25) is 0 Å². The summed E-state index contributed by atoms with van der Waals surface area (Å²) in [7, 11) is 0. The van der Waals surface area contributed by atoms with Crippen molar-refractivity contribution in [2.45, 2.75) is 16.6 Å². The lowest BCUT2D eigenvalue weighted by molar-refractivity contribution is 0.602. The minimum atomic E-state index is -0.204. The molecule has 2 aromatic heterocycles. The highest BCUT2D eigenvalue weighted by atomic mass is 32.2. The normalized spacial score (nSPS) is 11.3. The molecule has 0 amide bonds. The Morgan fingerprint density at radius 3 is 2.61 bits per heavy atom. The van der Waals surface area contributed by atoms with Crippen LogP contribution >= 0.6 is 23.5 Å². The molecule has 2 aromatic carbocycles. The van der Waals surface area contributed by atoms with Gasteiger partial charge >= 0.3 is 0 Å². The van der Waals surface area contributed by atoms with Crippen molar-refractivity contribution in [3.63, 3.8) is 0 Å². The van der Waals surface area contributed by atoms with Gasteiger partial charge in [-0.2, -0.15) is 0 Å². The zero-order valence-corrected chi connectivity index (χ0v) is 16.5. The fraction of sp³-hybridized carbons (Fsp3) is 0.150. The Hall–Kier alpha value is -2.58. The van der Waals surface area contributed by atoms with Crippen LogP contribution in [0.1, 0.15) is 0 Å². The van der Waals surface area contributed by atoms with Crippen molar-refractivity contribution in [2.75, 3.05) is 11.5 Å². The van der Waals surface area contributed by atoms with Gasteiger partial charge in [0.15, 0.2) is 5.16 Å². The topological polar surface area (TPSA) is 52.2 Å². The van der Waals surface area contributed by atoms with Crippen LogP contribution in [0.15, 0.2) is 76.0 Å². The summed E-state index contributed by atoms with van der Waals surface area (Å²) < 4.78 is 17.2. The van der Waals surface area contributed by atoms with Crippen molar-refractivity contribution >= 4 is 40.2 Å². The average Bonchev–Trinajstić information content (AvgIpc) is 3.13. The largest absolute Gasteiger partial charge is 0.272 e. The molecule has 0 radical (unpaired) electrons. The maximum absolute atomic E-state index is 13.7. The maximum atomic E-state index is 13.7. The van der Waals surface area contributed by atoms with Crippen LogP contribution < -0.4 is 5.56 Å². The number of nitrogens with zero attached hydrogens (tertiary/aromatic N) is 4. The minimum Gasteiger partial charge on any atom is -0.272 e. The Bertz CT molecular complexity index is 1220. The molecule has 0 atom stereocenters. The van der Waals surface area contributed by atoms with Crippen molar-refractivity contribution in [3.8, 4) is 0 Å². The highest BCUT2D eigenvalue weighted by molar-refractivity contribution is 8.02. The molecule has 0 fully saturated rings. The third-order valence-electron chi connectivity index (χ3n) is 4.20. The number of benzene rings is 2. The molecule has 0 saturated carbocycles. The van der Waals surface area contributed by atoms with E-state index in [4.69, 9.17) is 0 Å². The molecule has 0 bridgehead atoms. The Labute approximate surface area is 169 Å². The first kappa shape index (κ1) is 18.8. The predicted octanol–water partition coefficient (Wildman–Crippen LogP) is 4.25. The first-order chi connectivity index (χ1) is 13.7. The predicted molar refractivity (Wildman–Crippen MR) is 113 cm³/mol. The first-order valence-corrected chi connectivity index (χ1v) is 10.7. The quantitative estimate of drug-likeness (QED) is 0.258. The number of halogens is 1. The summed E-state index contributed by atoms with van der Waals surface area (Å²) in [5.41, 5.74) is 0.666. The average molecular weight is 413 g/mol. The van der Waals surface area contributed by atoms with Gasteiger partial charge in [0.25, 0.3) is 5.56 Å². The second-order valence-corrected chi connectivity index (χ2v) is 8.17. The van der Waals surface area contributed by atoms with E-state index < -0.39 is 0 Å². The molecular formula is C20H17FN4OS2. The molecule has 142 valence electrons. The van der Waals surface area contributed by atoms with Gasteiger partial charge in [0.05, 0.1) is 10.9 Å². The van der Waals surface area contributed by atoms with Crippen molar-refractivity contribution < 1.29 is 4.39 Å². The van der Waals surface area contributed by atoms with E-state index in [1.807, 2.05) is 28.7 Å². The van der Waals surface area contributed by atoms with Crippen LogP contribution in [0.5, 0.6) is 0 Å². The van der Waals surface area contributed by atoms with E-state index >= 15 is 0 Å². The highest BCUT2D eigenvalue weighted by Gasteiger charge is 2.16. The zero-order valence-electron chi connectivity index (χ0n) is 14.9. The van der Waals surface area contributed by atoms with Gasteiger partial charge in [-0.25, -0.2) is 4.39 Å². The lowest BCUT2D eigenvalue weighted by Gasteiger charge is -2.09. The van der Waals surface area contributed by atoms with E-state index in [1.54, 1.807) is 28.8 Å². The van der Waals surface area contributed by atoms with Gasteiger partial charge in [0.1, 0.15) is 5.82 Å². The SMILES string of the molecule is C=CCn1c(=O)c2ccccc2n2c(SCCSc3ccccc3F)nnc12. The third-order valence-corrected chi connectivity index (χ3v) is 6.44. The number of aromatic nitrogens is 4. The van der Waals surface area contributed by atoms with Crippen molar-refractivity contribution in [3.05, 3.63) is 77.4 Å². The number of rotatable bonds is 7. The second kappa shape index (κ2) is 8.20. The Kier molecular flexibility index (Phi) is 5.50. The summed E-state index contributed by atoms with van der Waals surface area (Å²) >= 11 is 3.00. The van der Waals surface area contributed by atoms with Crippen LogP contribution in [0.3, 0.4) is 0 Å². The number of thioether (sulfide) groups is 2. The number of hydrogen-bond donors (Lipinski definition) is 0. The van der Waals surface area contributed by atoms with Gasteiger partial charge in [-0.3, -0.25) is 13.8 Å². The first-order valence-electron chi connectivity index (χ1n) is 8.68. The molecule has 28 heavy (non-hydrogen) atoms. The molecule has 5 nitrogen and oxygen atoms in total. The van der Waals surface area contributed by atoms with Gasteiger partial charge in [-0.1, -0.05) is 42.1 Å². The molecule has 8 heteroatoms. The molecule has 0 saturated heterocycles. The van der Waals surface area contributed by atoms with E-state index in [2.05, 4.69) is 16.8 Å². The second-order valence-electron chi connectivity index (χ2n) is 5.97. The van der Waals surface area contributed by atoms with E-state index in [-0.39, 0.29) is 11.4 Å². The Morgan fingerprint density at radius 1 is 1.04 bits per heavy atom. The molecule has 0 aliphatic carbocycles. The number of hydrogen-bond acceptors (Lipinski definition) is 5. The summed E-state index contributed by atoms with van der Waals surface area (Å²) in [6, 6.07) is 14.2. The third kappa shape index (κ3) is 3.45.